The topological polar surface area (TPSA) is 86.2 Å². The highest BCUT2D eigenvalue weighted by Gasteiger charge is 2.11. The zero-order chi connectivity index (χ0) is 20.6. The van der Waals surface area contributed by atoms with Crippen molar-refractivity contribution in [1.82, 2.24) is 20.5 Å². The van der Waals surface area contributed by atoms with Gasteiger partial charge in [0.15, 0.2) is 5.69 Å². The maximum Gasteiger partial charge on any atom is 0.271 e. The number of rotatable bonds is 8. The monoisotopic (exact) mass is 396 g/mol. The Labute approximate surface area is 167 Å². The Morgan fingerprint density at radius 1 is 1.10 bits per heavy atom. The minimum absolute atomic E-state index is 0.181. The molecule has 1 aromatic carbocycles. The number of benzene rings is 1. The minimum Gasteiger partial charge on any atom is -0.495 e. The molecule has 0 spiro atoms. The van der Waals surface area contributed by atoms with Crippen LogP contribution in [0.4, 0.5) is 4.39 Å². The standard InChI is InChI=1S/C21H21FN4O3/c1-3-29-17-6-4-14(5-7-17)16-11-19(26-25-12-16)21(27)23-9-8-15-10-18(28-2)13-24-20(15)22/h4-7,10-13H,3,8-9H2,1-2H3,(H,23,27). The molecule has 1 amide bonds. The quantitative estimate of drug-likeness (QED) is 0.589. The van der Waals surface area contributed by atoms with E-state index in [-0.39, 0.29) is 24.6 Å². The van der Waals surface area contributed by atoms with Crippen LogP contribution in [0, 0.1) is 5.95 Å². The van der Waals surface area contributed by atoms with Crippen molar-refractivity contribution in [2.45, 2.75) is 13.3 Å². The molecule has 0 fully saturated rings. The predicted molar refractivity (Wildman–Crippen MR) is 105 cm³/mol. The van der Waals surface area contributed by atoms with E-state index >= 15 is 0 Å². The summed E-state index contributed by atoms with van der Waals surface area (Å²) >= 11 is 0. The van der Waals surface area contributed by atoms with Gasteiger partial charge in [0.1, 0.15) is 11.5 Å². The van der Waals surface area contributed by atoms with Crippen LogP contribution in [-0.4, -0.2) is 41.3 Å². The number of carbonyl (C=O) groups is 1. The summed E-state index contributed by atoms with van der Waals surface area (Å²) in [6.07, 6.45) is 3.16. The molecule has 7 nitrogen and oxygen atoms in total. The average Bonchev–Trinajstić information content (AvgIpc) is 2.76. The van der Waals surface area contributed by atoms with Crippen LogP contribution in [0.2, 0.25) is 0 Å². The van der Waals surface area contributed by atoms with Gasteiger partial charge in [0.05, 0.1) is 26.1 Å². The van der Waals surface area contributed by atoms with Gasteiger partial charge in [-0.2, -0.15) is 9.49 Å². The summed E-state index contributed by atoms with van der Waals surface area (Å²) in [5.41, 5.74) is 2.19. The molecule has 0 radical (unpaired) electrons. The van der Waals surface area contributed by atoms with Crippen LogP contribution in [0.5, 0.6) is 11.5 Å². The Bertz CT molecular complexity index is 980. The van der Waals surface area contributed by atoms with Gasteiger partial charge in [-0.15, -0.1) is 5.10 Å². The number of nitrogens with one attached hydrogen (secondary N) is 1. The normalized spacial score (nSPS) is 10.4. The summed E-state index contributed by atoms with van der Waals surface area (Å²) in [6, 6.07) is 10.7. The third-order valence-electron chi connectivity index (χ3n) is 4.19. The Balaban J connectivity index is 1.63. The number of ether oxygens (including phenoxy) is 2. The number of aromatic nitrogens is 3. The van der Waals surface area contributed by atoms with Gasteiger partial charge in [-0.3, -0.25) is 4.79 Å². The molecule has 3 aromatic rings. The number of amides is 1. The fourth-order valence-electron chi connectivity index (χ4n) is 2.71. The van der Waals surface area contributed by atoms with Gasteiger partial charge in [-0.1, -0.05) is 12.1 Å². The van der Waals surface area contributed by atoms with Crippen LogP contribution < -0.4 is 14.8 Å². The van der Waals surface area contributed by atoms with Gasteiger partial charge in [0, 0.05) is 17.7 Å². The molecule has 0 saturated heterocycles. The van der Waals surface area contributed by atoms with Gasteiger partial charge in [-0.05, 0) is 43.2 Å². The van der Waals surface area contributed by atoms with Crippen LogP contribution in [0.15, 0.2) is 48.8 Å². The highest BCUT2D eigenvalue weighted by molar-refractivity contribution is 5.93. The van der Waals surface area contributed by atoms with Crippen LogP contribution >= 0.6 is 0 Å². The second kappa shape index (κ2) is 9.59. The highest BCUT2D eigenvalue weighted by atomic mass is 19.1. The number of methoxy groups -OCH3 is 1. The van der Waals surface area contributed by atoms with Crippen LogP contribution in [-0.2, 0) is 6.42 Å². The van der Waals surface area contributed by atoms with E-state index in [0.717, 1.165) is 16.9 Å². The van der Waals surface area contributed by atoms with Crippen molar-refractivity contribution in [3.05, 3.63) is 66.0 Å². The Hall–Kier alpha value is -3.55. The second-order valence-corrected chi connectivity index (χ2v) is 6.12. The van der Waals surface area contributed by atoms with Crippen molar-refractivity contribution < 1.29 is 18.7 Å². The maximum absolute atomic E-state index is 13.8. The lowest BCUT2D eigenvalue weighted by atomic mass is 10.1. The van der Waals surface area contributed by atoms with E-state index in [1.807, 2.05) is 31.2 Å². The van der Waals surface area contributed by atoms with E-state index < -0.39 is 5.95 Å². The smallest absolute Gasteiger partial charge is 0.271 e. The van der Waals surface area contributed by atoms with E-state index in [2.05, 4.69) is 20.5 Å². The molecule has 1 N–H and O–H groups in total. The molecule has 0 bridgehead atoms. The van der Waals surface area contributed by atoms with Crippen molar-refractivity contribution in [1.29, 1.82) is 0 Å². The zero-order valence-corrected chi connectivity index (χ0v) is 16.2. The number of nitrogens with zero attached hydrogens (tertiary/aromatic N) is 3. The van der Waals surface area contributed by atoms with Crippen molar-refractivity contribution in [2.75, 3.05) is 20.3 Å². The summed E-state index contributed by atoms with van der Waals surface area (Å²) in [4.78, 5) is 16.0. The van der Waals surface area contributed by atoms with Crippen LogP contribution in [0.3, 0.4) is 0 Å². The minimum atomic E-state index is -0.586. The lowest BCUT2D eigenvalue weighted by Crippen LogP contribution is -2.27. The largest absolute Gasteiger partial charge is 0.495 e. The fourth-order valence-corrected chi connectivity index (χ4v) is 2.71. The molecule has 0 aliphatic carbocycles. The first-order valence-electron chi connectivity index (χ1n) is 9.13. The van der Waals surface area contributed by atoms with Crippen molar-refractivity contribution in [3.63, 3.8) is 0 Å². The van der Waals surface area contributed by atoms with Gasteiger partial charge < -0.3 is 14.8 Å². The molecule has 0 atom stereocenters. The van der Waals surface area contributed by atoms with Crippen molar-refractivity contribution in [2.24, 2.45) is 0 Å². The third-order valence-corrected chi connectivity index (χ3v) is 4.19. The van der Waals surface area contributed by atoms with Crippen molar-refractivity contribution >= 4 is 5.91 Å². The van der Waals surface area contributed by atoms with Crippen LogP contribution in [0.25, 0.3) is 11.1 Å². The highest BCUT2D eigenvalue weighted by Crippen LogP contribution is 2.22. The van der Waals surface area contributed by atoms with Crippen LogP contribution in [0.1, 0.15) is 23.0 Å². The molecule has 3 rings (SSSR count). The van der Waals surface area contributed by atoms with E-state index in [9.17, 15) is 9.18 Å². The first-order valence-corrected chi connectivity index (χ1v) is 9.13. The number of halogens is 1. The lowest BCUT2D eigenvalue weighted by molar-refractivity contribution is 0.0948. The summed E-state index contributed by atoms with van der Waals surface area (Å²) in [5, 5.41) is 10.5. The van der Waals surface area contributed by atoms with Gasteiger partial charge in [-0.25, -0.2) is 4.98 Å². The molecular weight excluding hydrogens is 375 g/mol. The molecular formula is C21H21FN4O3. The molecule has 0 saturated carbocycles. The second-order valence-electron chi connectivity index (χ2n) is 6.12. The van der Waals surface area contributed by atoms with E-state index in [1.54, 1.807) is 18.3 Å². The molecule has 8 heteroatoms. The summed E-state index contributed by atoms with van der Waals surface area (Å²) < 4.78 is 24.2. The summed E-state index contributed by atoms with van der Waals surface area (Å²) in [5.74, 6) is 0.260. The number of pyridine rings is 1. The third kappa shape index (κ3) is 5.25. The molecule has 0 aliphatic rings. The SMILES string of the molecule is CCOc1ccc(-c2cnnc(C(=O)NCCc3cc(OC)cnc3F)c2)cc1. The fraction of sp³-hybridized carbons (Fsp3) is 0.238. The first kappa shape index (κ1) is 20.2. The Morgan fingerprint density at radius 2 is 1.90 bits per heavy atom. The Kier molecular flexibility index (Phi) is 6.67. The van der Waals surface area contributed by atoms with E-state index in [4.69, 9.17) is 9.47 Å². The lowest BCUT2D eigenvalue weighted by Gasteiger charge is -2.08. The molecule has 150 valence electrons. The summed E-state index contributed by atoms with van der Waals surface area (Å²) in [6.45, 7) is 2.74. The molecule has 2 aromatic heterocycles. The Morgan fingerprint density at radius 3 is 2.62 bits per heavy atom. The number of carbonyl (C=O) groups excluding carboxylic acids is 1. The van der Waals surface area contributed by atoms with E-state index in [0.29, 0.717) is 17.9 Å². The first-order chi connectivity index (χ1) is 14.1. The maximum atomic E-state index is 13.8. The van der Waals surface area contributed by atoms with Gasteiger partial charge in [0.2, 0.25) is 5.95 Å². The van der Waals surface area contributed by atoms with Gasteiger partial charge >= 0.3 is 0 Å². The summed E-state index contributed by atoms with van der Waals surface area (Å²) in [7, 11) is 1.48. The van der Waals surface area contributed by atoms with E-state index in [1.165, 1.54) is 13.3 Å². The molecule has 0 unspecified atom stereocenters. The van der Waals surface area contributed by atoms with Crippen molar-refractivity contribution in [3.8, 4) is 22.6 Å². The predicted octanol–water partition coefficient (Wildman–Crippen LogP) is 3.06. The zero-order valence-electron chi connectivity index (χ0n) is 16.2. The number of hydrogen-bond acceptors (Lipinski definition) is 6. The van der Waals surface area contributed by atoms with Gasteiger partial charge in [0.25, 0.3) is 5.91 Å². The molecule has 29 heavy (non-hydrogen) atoms. The molecule has 0 aliphatic heterocycles. The number of hydrogen-bond donors (Lipinski definition) is 1. The molecule has 2 heterocycles. The average molecular weight is 396 g/mol.